The maximum absolute atomic E-state index is 6.01. The van der Waals surface area contributed by atoms with Gasteiger partial charge in [0.2, 0.25) is 0 Å². The van der Waals surface area contributed by atoms with Gasteiger partial charge in [0.15, 0.2) is 0 Å². The van der Waals surface area contributed by atoms with Crippen molar-refractivity contribution >= 4 is 15.9 Å². The monoisotopic (exact) mass is 316 g/mol. The minimum atomic E-state index is 0.467. The lowest BCUT2D eigenvalue weighted by atomic mass is 9.68. The van der Waals surface area contributed by atoms with E-state index in [1.54, 1.807) is 0 Å². The van der Waals surface area contributed by atoms with Crippen molar-refractivity contribution in [3.63, 3.8) is 0 Å². The molecule has 1 aliphatic heterocycles. The van der Waals surface area contributed by atoms with Gasteiger partial charge in [0, 0.05) is 4.83 Å². The van der Waals surface area contributed by atoms with Crippen LogP contribution in [0.2, 0.25) is 0 Å². The standard InChI is InChI=1S/C16H29BrO/c1-11-5-7-14(18-11)10-12-9-13(16(2,3)4)6-8-15(12)17/h11-15H,5-10H2,1-4H3. The lowest BCUT2D eigenvalue weighted by Gasteiger charge is -2.40. The zero-order chi connectivity index (χ0) is 13.3. The van der Waals surface area contributed by atoms with Crippen molar-refractivity contribution in [1.29, 1.82) is 0 Å². The molecule has 0 amide bonds. The number of hydrogen-bond donors (Lipinski definition) is 0. The van der Waals surface area contributed by atoms with Gasteiger partial charge in [-0.15, -0.1) is 0 Å². The first-order valence-corrected chi connectivity index (χ1v) is 8.57. The molecule has 2 rings (SSSR count). The summed E-state index contributed by atoms with van der Waals surface area (Å²) in [4.78, 5) is 0.718. The summed E-state index contributed by atoms with van der Waals surface area (Å²) >= 11 is 3.92. The Morgan fingerprint density at radius 3 is 2.39 bits per heavy atom. The first-order chi connectivity index (χ1) is 8.36. The number of alkyl halides is 1. The number of ether oxygens (including phenoxy) is 1. The molecule has 1 aliphatic carbocycles. The molecule has 1 saturated carbocycles. The molecule has 0 spiro atoms. The van der Waals surface area contributed by atoms with E-state index in [0.29, 0.717) is 17.6 Å². The molecule has 1 heterocycles. The maximum atomic E-state index is 6.01. The Labute approximate surface area is 121 Å². The van der Waals surface area contributed by atoms with E-state index in [1.165, 1.54) is 38.5 Å². The van der Waals surface area contributed by atoms with Crippen molar-refractivity contribution < 1.29 is 4.74 Å². The molecule has 5 unspecified atom stereocenters. The highest BCUT2D eigenvalue weighted by atomic mass is 79.9. The van der Waals surface area contributed by atoms with Gasteiger partial charge in [0.1, 0.15) is 0 Å². The van der Waals surface area contributed by atoms with Gasteiger partial charge in [0.25, 0.3) is 0 Å². The normalized spacial score (nSPS) is 42.2. The highest BCUT2D eigenvalue weighted by molar-refractivity contribution is 9.09. The topological polar surface area (TPSA) is 9.23 Å². The number of hydrogen-bond acceptors (Lipinski definition) is 1. The van der Waals surface area contributed by atoms with Gasteiger partial charge >= 0.3 is 0 Å². The molecule has 0 aromatic heterocycles. The Bertz CT molecular complexity index is 271. The minimum absolute atomic E-state index is 0.467. The van der Waals surface area contributed by atoms with Crippen LogP contribution < -0.4 is 0 Å². The van der Waals surface area contributed by atoms with Gasteiger partial charge in [-0.2, -0.15) is 0 Å². The van der Waals surface area contributed by atoms with E-state index >= 15 is 0 Å². The van der Waals surface area contributed by atoms with Crippen LogP contribution in [-0.2, 0) is 4.74 Å². The Hall–Kier alpha value is 0.440. The zero-order valence-electron chi connectivity index (χ0n) is 12.4. The van der Waals surface area contributed by atoms with Crippen molar-refractivity contribution in [3.05, 3.63) is 0 Å². The van der Waals surface area contributed by atoms with Gasteiger partial charge in [-0.1, -0.05) is 36.7 Å². The largest absolute Gasteiger partial charge is 0.375 e. The van der Waals surface area contributed by atoms with E-state index < -0.39 is 0 Å². The van der Waals surface area contributed by atoms with Crippen molar-refractivity contribution in [1.82, 2.24) is 0 Å². The molecule has 0 bridgehead atoms. The van der Waals surface area contributed by atoms with Crippen LogP contribution in [0, 0.1) is 17.3 Å². The molecule has 0 radical (unpaired) electrons. The predicted molar refractivity (Wildman–Crippen MR) is 81.2 cm³/mol. The summed E-state index contributed by atoms with van der Waals surface area (Å²) in [6.07, 6.45) is 8.94. The molecular weight excluding hydrogens is 288 g/mol. The van der Waals surface area contributed by atoms with Crippen molar-refractivity contribution in [3.8, 4) is 0 Å². The van der Waals surface area contributed by atoms with Gasteiger partial charge < -0.3 is 4.74 Å². The molecule has 2 aliphatic rings. The van der Waals surface area contributed by atoms with E-state index in [0.717, 1.165) is 16.7 Å². The SMILES string of the molecule is CC1CCC(CC2CC(C(C)(C)C)CCC2Br)O1. The van der Waals surface area contributed by atoms with Crippen LogP contribution in [0.3, 0.4) is 0 Å². The maximum Gasteiger partial charge on any atom is 0.0582 e. The molecule has 0 N–H and O–H groups in total. The molecule has 2 heteroatoms. The molecule has 2 fully saturated rings. The predicted octanol–water partition coefficient (Wildman–Crippen LogP) is 5.17. The quantitative estimate of drug-likeness (QED) is 0.638. The van der Waals surface area contributed by atoms with Crippen molar-refractivity contribution in [2.75, 3.05) is 0 Å². The summed E-state index contributed by atoms with van der Waals surface area (Å²) in [7, 11) is 0. The Morgan fingerprint density at radius 2 is 1.83 bits per heavy atom. The third-order valence-electron chi connectivity index (χ3n) is 5.00. The molecular formula is C16H29BrO. The Morgan fingerprint density at radius 1 is 1.11 bits per heavy atom. The van der Waals surface area contributed by atoms with Crippen LogP contribution in [0.15, 0.2) is 0 Å². The van der Waals surface area contributed by atoms with Gasteiger partial charge in [-0.25, -0.2) is 0 Å². The third kappa shape index (κ3) is 3.72. The van der Waals surface area contributed by atoms with Gasteiger partial charge in [-0.3, -0.25) is 0 Å². The molecule has 0 aromatic rings. The minimum Gasteiger partial charge on any atom is -0.375 e. The highest BCUT2D eigenvalue weighted by Gasteiger charge is 2.36. The third-order valence-corrected chi connectivity index (χ3v) is 6.21. The van der Waals surface area contributed by atoms with E-state index in [1.807, 2.05) is 0 Å². The number of rotatable bonds is 2. The van der Waals surface area contributed by atoms with Crippen LogP contribution in [0.25, 0.3) is 0 Å². The molecule has 106 valence electrons. The van der Waals surface area contributed by atoms with E-state index in [4.69, 9.17) is 4.74 Å². The smallest absolute Gasteiger partial charge is 0.0582 e. The van der Waals surface area contributed by atoms with Gasteiger partial charge in [0.05, 0.1) is 12.2 Å². The lowest BCUT2D eigenvalue weighted by molar-refractivity contribution is 0.0297. The van der Waals surface area contributed by atoms with Crippen LogP contribution >= 0.6 is 15.9 Å². The molecule has 1 saturated heterocycles. The Balaban J connectivity index is 1.89. The summed E-state index contributed by atoms with van der Waals surface area (Å²) in [5.41, 5.74) is 0.467. The Kier molecular flexibility index (Phi) is 4.80. The van der Waals surface area contributed by atoms with Crippen LogP contribution in [-0.4, -0.2) is 17.0 Å². The fraction of sp³-hybridized carbons (Fsp3) is 1.00. The summed E-state index contributed by atoms with van der Waals surface area (Å²) < 4.78 is 6.01. The summed E-state index contributed by atoms with van der Waals surface area (Å²) in [6, 6.07) is 0. The van der Waals surface area contributed by atoms with Crippen molar-refractivity contribution in [2.45, 2.75) is 83.3 Å². The zero-order valence-corrected chi connectivity index (χ0v) is 14.0. The number of halogens is 1. The molecule has 0 aromatic carbocycles. The molecule has 1 nitrogen and oxygen atoms in total. The van der Waals surface area contributed by atoms with E-state index in [-0.39, 0.29) is 0 Å². The summed E-state index contributed by atoms with van der Waals surface area (Å²) in [5, 5.41) is 0. The first-order valence-electron chi connectivity index (χ1n) is 7.65. The lowest BCUT2D eigenvalue weighted by Crippen LogP contribution is -2.34. The fourth-order valence-corrected chi connectivity index (χ4v) is 4.35. The average molecular weight is 317 g/mol. The summed E-state index contributed by atoms with van der Waals surface area (Å²) in [5.74, 6) is 1.70. The fourth-order valence-electron chi connectivity index (χ4n) is 3.65. The second-order valence-corrected chi connectivity index (χ2v) is 8.71. The van der Waals surface area contributed by atoms with Crippen LogP contribution in [0.5, 0.6) is 0 Å². The molecule has 5 atom stereocenters. The first kappa shape index (κ1) is 14.8. The van der Waals surface area contributed by atoms with Crippen LogP contribution in [0.4, 0.5) is 0 Å². The van der Waals surface area contributed by atoms with Crippen LogP contribution in [0.1, 0.15) is 66.2 Å². The van der Waals surface area contributed by atoms with Gasteiger partial charge in [-0.05, 0) is 62.7 Å². The average Bonchev–Trinajstić information content (AvgIpc) is 2.66. The second-order valence-electron chi connectivity index (χ2n) is 7.53. The second kappa shape index (κ2) is 5.83. The van der Waals surface area contributed by atoms with E-state index in [9.17, 15) is 0 Å². The van der Waals surface area contributed by atoms with Crippen molar-refractivity contribution in [2.24, 2.45) is 17.3 Å². The van der Waals surface area contributed by atoms with E-state index in [2.05, 4.69) is 43.6 Å². The molecule has 18 heavy (non-hydrogen) atoms. The summed E-state index contributed by atoms with van der Waals surface area (Å²) in [6.45, 7) is 9.41. The highest BCUT2D eigenvalue weighted by Crippen LogP contribution is 2.44.